The number of nitrogens with one attached hydrogen (secondary N) is 1. The minimum atomic E-state index is -0.472. The fraction of sp³-hybridized carbons (Fsp3) is 0.417. The van der Waals surface area contributed by atoms with E-state index in [0.717, 1.165) is 11.1 Å². The van der Waals surface area contributed by atoms with Crippen LogP contribution in [-0.2, 0) is 21.7 Å². The topological polar surface area (TPSA) is 64.3 Å². The first-order valence-corrected chi connectivity index (χ1v) is 5.31. The van der Waals surface area contributed by atoms with E-state index < -0.39 is 5.54 Å². The lowest BCUT2D eigenvalue weighted by Gasteiger charge is -2.38. The molecule has 1 aliphatic heterocycles. The second-order valence-corrected chi connectivity index (χ2v) is 4.13. The van der Waals surface area contributed by atoms with Gasteiger partial charge in [-0.3, -0.25) is 4.79 Å². The van der Waals surface area contributed by atoms with Crippen LogP contribution in [0.1, 0.15) is 17.5 Å². The number of hydrogen-bond acceptors (Lipinski definition) is 3. The Morgan fingerprint density at radius 2 is 2.31 bits per heavy atom. The van der Waals surface area contributed by atoms with Crippen molar-refractivity contribution in [1.82, 2.24) is 5.32 Å². The van der Waals surface area contributed by atoms with Crippen molar-refractivity contribution in [2.75, 3.05) is 13.7 Å². The summed E-state index contributed by atoms with van der Waals surface area (Å²) in [4.78, 5) is 11.2. The Labute approximate surface area is 94.8 Å². The maximum atomic E-state index is 11.2. The zero-order chi connectivity index (χ0) is 11.6. The van der Waals surface area contributed by atoms with E-state index in [-0.39, 0.29) is 12.3 Å². The van der Waals surface area contributed by atoms with Crippen LogP contribution in [-0.4, -0.2) is 19.6 Å². The van der Waals surface area contributed by atoms with Crippen LogP contribution in [0.2, 0.25) is 0 Å². The molecule has 0 radical (unpaired) electrons. The number of ether oxygens (including phenoxy) is 1. The molecule has 0 aliphatic carbocycles. The fourth-order valence-electron chi connectivity index (χ4n) is 2.26. The first kappa shape index (κ1) is 11.1. The van der Waals surface area contributed by atoms with Crippen LogP contribution in [0.15, 0.2) is 24.3 Å². The molecule has 1 aromatic rings. The maximum absolute atomic E-state index is 11.2. The van der Waals surface area contributed by atoms with Crippen molar-refractivity contribution in [3.05, 3.63) is 35.4 Å². The molecular formula is C12H16N2O2. The second-order valence-electron chi connectivity index (χ2n) is 4.13. The summed E-state index contributed by atoms with van der Waals surface area (Å²) in [6.45, 7) is 1.07. The summed E-state index contributed by atoms with van der Waals surface area (Å²) >= 11 is 0. The van der Waals surface area contributed by atoms with Gasteiger partial charge in [-0.2, -0.15) is 0 Å². The molecule has 1 aromatic carbocycles. The highest BCUT2D eigenvalue weighted by Crippen LogP contribution is 2.32. The summed E-state index contributed by atoms with van der Waals surface area (Å²) in [6, 6.07) is 7.98. The highest BCUT2D eigenvalue weighted by Gasteiger charge is 2.37. The minimum Gasteiger partial charge on any atom is -0.374 e. The van der Waals surface area contributed by atoms with Gasteiger partial charge in [-0.05, 0) is 18.2 Å². The molecule has 0 bridgehead atoms. The molecule has 1 unspecified atom stereocenters. The van der Waals surface area contributed by atoms with Gasteiger partial charge in [0.1, 0.15) is 0 Å². The Hall–Kier alpha value is -1.39. The summed E-state index contributed by atoms with van der Waals surface area (Å²) in [6.07, 6.45) is 0.251. The van der Waals surface area contributed by atoms with Crippen LogP contribution >= 0.6 is 0 Å². The molecule has 1 amide bonds. The molecule has 4 nitrogen and oxygen atoms in total. The molecule has 2 rings (SSSR count). The molecule has 0 aromatic heterocycles. The van der Waals surface area contributed by atoms with Gasteiger partial charge in [0.05, 0.1) is 25.2 Å². The van der Waals surface area contributed by atoms with Crippen LogP contribution in [0.25, 0.3) is 0 Å². The third-order valence-electron chi connectivity index (χ3n) is 3.09. The number of primary amides is 1. The largest absolute Gasteiger partial charge is 0.374 e. The van der Waals surface area contributed by atoms with Gasteiger partial charge in [-0.25, -0.2) is 0 Å². The molecule has 86 valence electrons. The van der Waals surface area contributed by atoms with Crippen molar-refractivity contribution in [3.63, 3.8) is 0 Å². The van der Waals surface area contributed by atoms with Gasteiger partial charge in [0.2, 0.25) is 5.91 Å². The van der Waals surface area contributed by atoms with Gasteiger partial charge in [0, 0.05) is 0 Å². The average Bonchev–Trinajstić information content (AvgIpc) is 2.29. The molecule has 0 saturated carbocycles. The zero-order valence-electron chi connectivity index (χ0n) is 9.32. The van der Waals surface area contributed by atoms with Crippen molar-refractivity contribution in [3.8, 4) is 0 Å². The predicted molar refractivity (Wildman–Crippen MR) is 60.6 cm³/mol. The normalized spacial score (nSPS) is 23.8. The van der Waals surface area contributed by atoms with E-state index in [0.29, 0.717) is 13.2 Å². The smallest absolute Gasteiger partial charge is 0.219 e. The number of amides is 1. The summed E-state index contributed by atoms with van der Waals surface area (Å²) < 4.78 is 5.53. The van der Waals surface area contributed by atoms with Crippen molar-refractivity contribution in [1.29, 1.82) is 0 Å². The number of nitrogens with two attached hydrogens (primary N) is 1. The molecule has 1 aliphatic rings. The van der Waals surface area contributed by atoms with Gasteiger partial charge in [0.15, 0.2) is 0 Å². The van der Waals surface area contributed by atoms with Gasteiger partial charge >= 0.3 is 0 Å². The van der Waals surface area contributed by atoms with Crippen LogP contribution in [0.3, 0.4) is 0 Å². The third kappa shape index (κ3) is 1.81. The second kappa shape index (κ2) is 4.23. The predicted octanol–water partition coefficient (Wildman–Crippen LogP) is 0.507. The lowest BCUT2D eigenvalue weighted by Crippen LogP contribution is -2.49. The number of carbonyl (C=O) groups is 1. The van der Waals surface area contributed by atoms with Crippen LogP contribution < -0.4 is 11.1 Å². The van der Waals surface area contributed by atoms with E-state index in [2.05, 4.69) is 5.32 Å². The van der Waals surface area contributed by atoms with Crippen LogP contribution in [0, 0.1) is 0 Å². The summed E-state index contributed by atoms with van der Waals surface area (Å²) in [7, 11) is 1.83. The van der Waals surface area contributed by atoms with Crippen molar-refractivity contribution in [2.24, 2.45) is 5.73 Å². The first-order valence-electron chi connectivity index (χ1n) is 5.31. The standard InChI is InChI=1S/C12H16N2O2/c1-14-12(6-11(13)15)8-16-7-9-4-2-3-5-10(9)12/h2-5,14H,6-8H2,1H3,(H2,13,15). The van der Waals surface area contributed by atoms with Gasteiger partial charge < -0.3 is 15.8 Å². The molecule has 0 fully saturated rings. The van der Waals surface area contributed by atoms with E-state index in [4.69, 9.17) is 10.5 Å². The SMILES string of the molecule is CNC1(CC(N)=O)COCc2ccccc21. The number of likely N-dealkylation sites (N-methyl/N-ethyl adjacent to an activating group) is 1. The number of rotatable bonds is 3. The summed E-state index contributed by atoms with van der Waals surface area (Å²) in [5, 5.41) is 3.18. The van der Waals surface area contributed by atoms with E-state index in [9.17, 15) is 4.79 Å². The average molecular weight is 220 g/mol. The fourth-order valence-corrected chi connectivity index (χ4v) is 2.26. The Balaban J connectivity index is 2.44. The van der Waals surface area contributed by atoms with E-state index >= 15 is 0 Å². The lowest BCUT2D eigenvalue weighted by molar-refractivity contribution is -0.120. The van der Waals surface area contributed by atoms with Crippen molar-refractivity contribution in [2.45, 2.75) is 18.6 Å². The van der Waals surface area contributed by atoms with Crippen LogP contribution in [0.5, 0.6) is 0 Å². The molecule has 16 heavy (non-hydrogen) atoms. The highest BCUT2D eigenvalue weighted by atomic mass is 16.5. The maximum Gasteiger partial charge on any atom is 0.219 e. The highest BCUT2D eigenvalue weighted by molar-refractivity contribution is 5.75. The van der Waals surface area contributed by atoms with Gasteiger partial charge in [-0.15, -0.1) is 0 Å². The quantitative estimate of drug-likeness (QED) is 0.780. The number of carbonyl (C=O) groups excluding carboxylic acids is 1. The number of hydrogen-bond donors (Lipinski definition) is 2. The van der Waals surface area contributed by atoms with Gasteiger partial charge in [-0.1, -0.05) is 24.3 Å². The molecule has 0 spiro atoms. The minimum absolute atomic E-state index is 0.251. The molecule has 1 heterocycles. The summed E-state index contributed by atoms with van der Waals surface area (Å²) in [5.41, 5.74) is 7.06. The Kier molecular flexibility index (Phi) is 2.94. The Bertz CT molecular complexity index is 406. The third-order valence-corrected chi connectivity index (χ3v) is 3.09. The molecule has 0 saturated heterocycles. The first-order chi connectivity index (χ1) is 7.68. The molecule has 1 atom stereocenters. The van der Waals surface area contributed by atoms with E-state index in [1.165, 1.54) is 0 Å². The summed E-state index contributed by atoms with van der Waals surface area (Å²) in [5.74, 6) is -0.324. The lowest BCUT2D eigenvalue weighted by atomic mass is 9.82. The Morgan fingerprint density at radius 1 is 1.56 bits per heavy atom. The van der Waals surface area contributed by atoms with E-state index in [1.807, 2.05) is 31.3 Å². The monoisotopic (exact) mass is 220 g/mol. The molecule has 3 N–H and O–H groups in total. The molecule has 4 heteroatoms. The molecular weight excluding hydrogens is 204 g/mol. The van der Waals surface area contributed by atoms with Crippen molar-refractivity contribution >= 4 is 5.91 Å². The van der Waals surface area contributed by atoms with Gasteiger partial charge in [0.25, 0.3) is 0 Å². The Morgan fingerprint density at radius 3 is 3.00 bits per heavy atom. The number of fused-ring (bicyclic) bond motifs is 1. The van der Waals surface area contributed by atoms with E-state index in [1.54, 1.807) is 0 Å². The zero-order valence-corrected chi connectivity index (χ0v) is 9.32. The van der Waals surface area contributed by atoms with Crippen LogP contribution in [0.4, 0.5) is 0 Å². The number of benzene rings is 1. The van der Waals surface area contributed by atoms with Crippen molar-refractivity contribution < 1.29 is 9.53 Å².